The molecule has 3 rings (SSSR count). The number of aliphatic hydroxyl groups is 1. The molecule has 0 bridgehead atoms. The van der Waals surface area contributed by atoms with Gasteiger partial charge in [0, 0.05) is 5.88 Å². The zero-order chi connectivity index (χ0) is 22.1. The Morgan fingerprint density at radius 3 is 1.81 bits per heavy atom. The van der Waals surface area contributed by atoms with E-state index in [4.69, 9.17) is 16.3 Å². The third kappa shape index (κ3) is 6.00. The first-order chi connectivity index (χ1) is 15.1. The number of halogens is 1. The number of rotatable bonds is 10. The van der Waals surface area contributed by atoms with Crippen molar-refractivity contribution < 1.29 is 9.84 Å². The van der Waals surface area contributed by atoms with Crippen LogP contribution in [0.4, 0.5) is 0 Å². The minimum Gasteiger partial charge on any atom is -0.491 e. The normalized spacial score (nSPS) is 12.4. The molecule has 0 aliphatic carbocycles. The first kappa shape index (κ1) is 23.1. The fourth-order valence-electron chi connectivity index (χ4n) is 3.66. The molecule has 2 nitrogen and oxygen atoms in total. The molecule has 0 aliphatic heterocycles. The van der Waals surface area contributed by atoms with Gasteiger partial charge in [-0.25, -0.2) is 0 Å². The van der Waals surface area contributed by atoms with Gasteiger partial charge in [0.15, 0.2) is 0 Å². The van der Waals surface area contributed by atoms with E-state index in [1.807, 2.05) is 38.1 Å². The number of alkyl halides is 1. The molecule has 162 valence electrons. The standard InChI is InChI=1S/C28H31ClO2/c1-3-28(30,4-2)21-31-25-17-15-24(16-18-25)27(23-13-9-6-10-14-23)26(19-20-29)22-11-7-5-8-12-22/h5-18,30H,3-4,19-21H2,1-2H3. The molecule has 0 unspecified atom stereocenters. The van der Waals surface area contributed by atoms with Gasteiger partial charge in [0.2, 0.25) is 0 Å². The van der Waals surface area contributed by atoms with E-state index in [1.165, 1.54) is 16.7 Å². The van der Waals surface area contributed by atoms with E-state index >= 15 is 0 Å². The van der Waals surface area contributed by atoms with E-state index in [0.717, 1.165) is 23.3 Å². The van der Waals surface area contributed by atoms with Gasteiger partial charge in [-0.3, -0.25) is 0 Å². The van der Waals surface area contributed by atoms with Gasteiger partial charge in [-0.2, -0.15) is 0 Å². The van der Waals surface area contributed by atoms with Crippen molar-refractivity contribution in [1.82, 2.24) is 0 Å². The van der Waals surface area contributed by atoms with Crippen molar-refractivity contribution in [3.05, 3.63) is 102 Å². The lowest BCUT2D eigenvalue weighted by Gasteiger charge is -2.25. The van der Waals surface area contributed by atoms with Gasteiger partial charge in [-0.05, 0) is 59.2 Å². The summed E-state index contributed by atoms with van der Waals surface area (Å²) in [5, 5.41) is 10.5. The van der Waals surface area contributed by atoms with Crippen LogP contribution in [0, 0.1) is 0 Å². The lowest BCUT2D eigenvalue weighted by Crippen LogP contribution is -2.34. The van der Waals surface area contributed by atoms with Gasteiger partial charge in [-0.15, -0.1) is 11.6 Å². The highest BCUT2D eigenvalue weighted by Crippen LogP contribution is 2.35. The Labute approximate surface area is 191 Å². The predicted molar refractivity (Wildman–Crippen MR) is 132 cm³/mol. The van der Waals surface area contributed by atoms with Gasteiger partial charge < -0.3 is 9.84 Å². The van der Waals surface area contributed by atoms with Crippen molar-refractivity contribution in [1.29, 1.82) is 0 Å². The molecule has 0 saturated carbocycles. The second-order valence-corrected chi connectivity index (χ2v) is 8.15. The highest BCUT2D eigenvalue weighted by Gasteiger charge is 2.23. The minimum absolute atomic E-state index is 0.294. The van der Waals surface area contributed by atoms with Crippen molar-refractivity contribution in [3.8, 4) is 5.75 Å². The van der Waals surface area contributed by atoms with Crippen LogP contribution >= 0.6 is 11.6 Å². The molecule has 0 heterocycles. The molecule has 0 amide bonds. The van der Waals surface area contributed by atoms with Crippen molar-refractivity contribution in [2.75, 3.05) is 12.5 Å². The van der Waals surface area contributed by atoms with Crippen molar-refractivity contribution in [2.45, 2.75) is 38.7 Å². The largest absolute Gasteiger partial charge is 0.491 e. The molecule has 3 aromatic carbocycles. The summed E-state index contributed by atoms with van der Waals surface area (Å²) >= 11 is 6.22. The van der Waals surface area contributed by atoms with Gasteiger partial charge >= 0.3 is 0 Å². The zero-order valence-electron chi connectivity index (χ0n) is 18.4. The van der Waals surface area contributed by atoms with Gasteiger partial charge in [0.1, 0.15) is 12.4 Å². The Bertz CT molecular complexity index is 959. The van der Waals surface area contributed by atoms with E-state index in [1.54, 1.807) is 0 Å². The van der Waals surface area contributed by atoms with Crippen LogP contribution in [0.5, 0.6) is 5.75 Å². The van der Waals surface area contributed by atoms with E-state index < -0.39 is 5.60 Å². The highest BCUT2D eigenvalue weighted by molar-refractivity contribution is 6.18. The Morgan fingerprint density at radius 2 is 1.29 bits per heavy atom. The van der Waals surface area contributed by atoms with Crippen LogP contribution < -0.4 is 4.74 Å². The fraction of sp³-hybridized carbons (Fsp3) is 0.286. The van der Waals surface area contributed by atoms with E-state index in [-0.39, 0.29) is 0 Å². The monoisotopic (exact) mass is 434 g/mol. The Balaban J connectivity index is 2.01. The van der Waals surface area contributed by atoms with Crippen molar-refractivity contribution >= 4 is 22.7 Å². The second-order valence-electron chi connectivity index (χ2n) is 7.77. The van der Waals surface area contributed by atoms with Crippen LogP contribution in [0.3, 0.4) is 0 Å². The average molecular weight is 435 g/mol. The molecule has 0 aliphatic rings. The smallest absolute Gasteiger partial charge is 0.119 e. The molecule has 1 N–H and O–H groups in total. The molecule has 0 aromatic heterocycles. The summed E-state index contributed by atoms with van der Waals surface area (Å²) < 4.78 is 5.90. The molecule has 0 spiro atoms. The Hall–Kier alpha value is -2.55. The van der Waals surface area contributed by atoms with Crippen LogP contribution in [0.25, 0.3) is 11.1 Å². The molecule has 3 aromatic rings. The summed E-state index contributed by atoms with van der Waals surface area (Å²) in [5.74, 6) is 1.31. The lowest BCUT2D eigenvalue weighted by molar-refractivity contribution is -0.0113. The van der Waals surface area contributed by atoms with Gasteiger partial charge in [0.25, 0.3) is 0 Å². The SMILES string of the molecule is CCC(O)(CC)COc1ccc(C(=C(CCCl)c2ccccc2)c2ccccc2)cc1. The maximum absolute atomic E-state index is 10.5. The first-order valence-corrected chi connectivity index (χ1v) is 11.5. The quantitative estimate of drug-likeness (QED) is 0.270. The van der Waals surface area contributed by atoms with E-state index in [9.17, 15) is 5.11 Å². The summed E-state index contributed by atoms with van der Waals surface area (Å²) in [6.45, 7) is 4.26. The molecule has 0 atom stereocenters. The highest BCUT2D eigenvalue weighted by atomic mass is 35.5. The molecular formula is C28H31ClO2. The van der Waals surface area contributed by atoms with Crippen LogP contribution in [0.2, 0.25) is 0 Å². The number of benzene rings is 3. The number of hydrogen-bond acceptors (Lipinski definition) is 2. The molecule has 0 radical (unpaired) electrons. The summed E-state index contributed by atoms with van der Waals surface area (Å²) in [4.78, 5) is 0. The fourth-order valence-corrected chi connectivity index (χ4v) is 3.85. The van der Waals surface area contributed by atoms with Crippen molar-refractivity contribution in [3.63, 3.8) is 0 Å². The van der Waals surface area contributed by atoms with Crippen LogP contribution in [0.1, 0.15) is 49.8 Å². The molecule has 3 heteroatoms. The number of allylic oxidation sites excluding steroid dienone is 1. The van der Waals surface area contributed by atoms with Crippen LogP contribution in [-0.4, -0.2) is 23.2 Å². The van der Waals surface area contributed by atoms with Gasteiger partial charge in [0.05, 0.1) is 5.60 Å². The Morgan fingerprint density at radius 1 is 0.774 bits per heavy atom. The second kappa shape index (κ2) is 11.2. The molecule has 31 heavy (non-hydrogen) atoms. The van der Waals surface area contributed by atoms with Crippen LogP contribution in [-0.2, 0) is 0 Å². The third-order valence-electron chi connectivity index (χ3n) is 5.80. The third-order valence-corrected chi connectivity index (χ3v) is 5.99. The number of ether oxygens (including phenoxy) is 1. The van der Waals surface area contributed by atoms with Crippen LogP contribution in [0.15, 0.2) is 84.9 Å². The lowest BCUT2D eigenvalue weighted by atomic mass is 9.88. The number of hydrogen-bond donors (Lipinski definition) is 1. The topological polar surface area (TPSA) is 29.5 Å². The van der Waals surface area contributed by atoms with E-state index in [0.29, 0.717) is 25.3 Å². The minimum atomic E-state index is -0.783. The van der Waals surface area contributed by atoms with E-state index in [2.05, 4.69) is 60.7 Å². The summed E-state index contributed by atoms with van der Waals surface area (Å²) in [6.07, 6.45) is 2.11. The van der Waals surface area contributed by atoms with Gasteiger partial charge in [-0.1, -0.05) is 86.6 Å². The molecule has 0 fully saturated rings. The average Bonchev–Trinajstić information content (AvgIpc) is 2.84. The maximum Gasteiger partial charge on any atom is 0.119 e. The maximum atomic E-state index is 10.5. The molecule has 0 saturated heterocycles. The summed E-state index contributed by atoms with van der Waals surface area (Å²) in [6, 6.07) is 29.0. The summed E-state index contributed by atoms with van der Waals surface area (Å²) in [7, 11) is 0. The predicted octanol–water partition coefficient (Wildman–Crippen LogP) is 7.20. The Kier molecular flexibility index (Phi) is 8.34. The zero-order valence-corrected chi connectivity index (χ0v) is 19.1. The van der Waals surface area contributed by atoms with Crippen molar-refractivity contribution in [2.24, 2.45) is 0 Å². The first-order valence-electron chi connectivity index (χ1n) is 11.0. The molecular weight excluding hydrogens is 404 g/mol. The summed E-state index contributed by atoms with van der Waals surface area (Å²) in [5.41, 5.74) is 5.07.